The second kappa shape index (κ2) is 7.08. The number of nitrogens with two attached hydrogens (primary N) is 1. The Morgan fingerprint density at radius 1 is 1.38 bits per heavy atom. The van der Waals surface area contributed by atoms with E-state index >= 15 is 0 Å². The summed E-state index contributed by atoms with van der Waals surface area (Å²) in [5, 5.41) is 0. The van der Waals surface area contributed by atoms with Gasteiger partial charge in [0, 0.05) is 28.2 Å². The van der Waals surface area contributed by atoms with Crippen molar-refractivity contribution >= 4 is 53.5 Å². The first kappa shape index (κ1) is 18.4. The third-order valence-corrected chi connectivity index (χ3v) is 6.52. The summed E-state index contributed by atoms with van der Waals surface area (Å²) in [7, 11) is -1.11. The van der Waals surface area contributed by atoms with Crippen LogP contribution >= 0.6 is 31.9 Å². The average Bonchev–Trinajstić information content (AvgIpc) is 2.35. The normalized spacial score (nSPS) is 13.2. The number of hydrogen-bond acceptors (Lipinski definition) is 5. The maximum atomic E-state index is 12.6. The Kier molecular flexibility index (Phi) is 6.21. The number of rotatable bonds is 5. The number of nitrogens with zero attached hydrogens (tertiary/aromatic N) is 1. The molecule has 1 unspecified atom stereocenters. The van der Waals surface area contributed by atoms with Crippen molar-refractivity contribution in [2.75, 3.05) is 26.4 Å². The van der Waals surface area contributed by atoms with Crippen LogP contribution in [-0.4, -0.2) is 39.4 Å². The zero-order valence-corrected chi connectivity index (χ0v) is 15.7. The van der Waals surface area contributed by atoms with Crippen molar-refractivity contribution < 1.29 is 17.9 Å². The van der Waals surface area contributed by atoms with Crippen LogP contribution in [0.3, 0.4) is 0 Å². The van der Waals surface area contributed by atoms with E-state index in [0.717, 1.165) is 4.31 Å². The fraction of sp³-hybridized carbons (Fsp3) is 0.417. The molecule has 0 aromatic heterocycles. The topological polar surface area (TPSA) is 89.7 Å². The minimum atomic E-state index is -3.78. The van der Waals surface area contributed by atoms with Crippen molar-refractivity contribution in [3.05, 3.63) is 21.1 Å². The highest BCUT2D eigenvalue weighted by Crippen LogP contribution is 2.34. The van der Waals surface area contributed by atoms with Crippen LogP contribution in [0.15, 0.2) is 26.0 Å². The van der Waals surface area contributed by atoms with Crippen LogP contribution in [0, 0.1) is 5.92 Å². The number of anilines is 1. The first-order valence-electron chi connectivity index (χ1n) is 5.90. The largest absolute Gasteiger partial charge is 0.469 e. The number of esters is 1. The van der Waals surface area contributed by atoms with Crippen LogP contribution in [0.1, 0.15) is 6.92 Å². The molecule has 0 aliphatic heterocycles. The van der Waals surface area contributed by atoms with Gasteiger partial charge in [-0.15, -0.1) is 0 Å². The summed E-state index contributed by atoms with van der Waals surface area (Å²) < 4.78 is 31.6. The van der Waals surface area contributed by atoms with E-state index in [2.05, 4.69) is 36.6 Å². The van der Waals surface area contributed by atoms with Gasteiger partial charge in [-0.3, -0.25) is 4.79 Å². The van der Waals surface area contributed by atoms with Gasteiger partial charge in [0.2, 0.25) is 10.0 Å². The molecular weight excluding hydrogens is 428 g/mol. The van der Waals surface area contributed by atoms with Gasteiger partial charge >= 0.3 is 5.97 Å². The molecule has 0 saturated heterocycles. The quantitative estimate of drug-likeness (QED) is 0.556. The molecule has 0 bridgehead atoms. The third kappa shape index (κ3) is 4.18. The molecule has 118 valence electrons. The number of hydrogen-bond donors (Lipinski definition) is 1. The van der Waals surface area contributed by atoms with Crippen LogP contribution in [-0.2, 0) is 19.6 Å². The highest BCUT2D eigenvalue weighted by molar-refractivity contribution is 9.11. The number of halogens is 2. The summed E-state index contributed by atoms with van der Waals surface area (Å²) in [5.41, 5.74) is 6.09. The second-order valence-electron chi connectivity index (χ2n) is 4.52. The summed E-state index contributed by atoms with van der Waals surface area (Å²) in [6.45, 7) is 1.61. The van der Waals surface area contributed by atoms with E-state index in [0.29, 0.717) is 14.6 Å². The Hall–Kier alpha value is -0.640. The number of benzene rings is 1. The van der Waals surface area contributed by atoms with Gasteiger partial charge in [0.1, 0.15) is 4.90 Å². The first-order chi connectivity index (χ1) is 9.61. The van der Waals surface area contributed by atoms with E-state index in [1.54, 1.807) is 6.92 Å². The van der Waals surface area contributed by atoms with Crippen molar-refractivity contribution in [3.63, 3.8) is 0 Å². The Morgan fingerprint density at radius 2 is 1.86 bits per heavy atom. The average molecular weight is 444 g/mol. The van der Waals surface area contributed by atoms with Gasteiger partial charge in [-0.2, -0.15) is 0 Å². The summed E-state index contributed by atoms with van der Waals surface area (Å²) in [6.07, 6.45) is 0. The van der Waals surface area contributed by atoms with E-state index in [-0.39, 0.29) is 11.4 Å². The zero-order chi connectivity index (χ0) is 16.4. The highest BCUT2D eigenvalue weighted by Gasteiger charge is 2.29. The molecule has 0 amide bonds. The van der Waals surface area contributed by atoms with Crippen LogP contribution in [0.5, 0.6) is 0 Å². The molecule has 0 saturated carbocycles. The lowest BCUT2D eigenvalue weighted by atomic mass is 10.2. The number of carbonyl (C=O) groups is 1. The lowest BCUT2D eigenvalue weighted by Crippen LogP contribution is -2.34. The van der Waals surface area contributed by atoms with Crippen molar-refractivity contribution in [1.29, 1.82) is 0 Å². The molecule has 21 heavy (non-hydrogen) atoms. The Balaban J connectivity index is 3.15. The molecule has 0 aliphatic rings. The summed E-state index contributed by atoms with van der Waals surface area (Å²) in [5.74, 6) is -1.03. The van der Waals surface area contributed by atoms with Crippen molar-refractivity contribution in [2.24, 2.45) is 5.92 Å². The molecule has 0 spiro atoms. The van der Waals surface area contributed by atoms with Gasteiger partial charge in [0.25, 0.3) is 0 Å². The molecule has 1 atom stereocenters. The molecule has 0 heterocycles. The van der Waals surface area contributed by atoms with Crippen LogP contribution in [0.4, 0.5) is 5.69 Å². The minimum absolute atomic E-state index is 0.0122. The fourth-order valence-corrected chi connectivity index (χ4v) is 5.53. The predicted molar refractivity (Wildman–Crippen MR) is 87.3 cm³/mol. The number of ether oxygens (including phenoxy) is 1. The maximum Gasteiger partial charge on any atom is 0.309 e. The summed E-state index contributed by atoms with van der Waals surface area (Å²) in [6, 6.07) is 3.02. The first-order valence-corrected chi connectivity index (χ1v) is 8.92. The number of nitrogen functional groups attached to an aromatic ring is 1. The lowest BCUT2D eigenvalue weighted by molar-refractivity contribution is -0.144. The molecule has 0 aliphatic carbocycles. The molecule has 0 fully saturated rings. The molecule has 2 N–H and O–H groups in total. The van der Waals surface area contributed by atoms with E-state index < -0.39 is 21.9 Å². The van der Waals surface area contributed by atoms with Crippen molar-refractivity contribution in [3.8, 4) is 0 Å². The molecule has 1 aromatic rings. The van der Waals surface area contributed by atoms with Crippen LogP contribution < -0.4 is 5.73 Å². The molecular formula is C12H16Br2N2O4S. The standard InChI is InChI=1S/C12H16Br2N2O4S/c1-7(12(17)20-3)6-16(2)21(18,19)11-9(13)4-8(15)5-10(11)14/h4-5,7H,6,15H2,1-3H3. The molecule has 1 aromatic carbocycles. The lowest BCUT2D eigenvalue weighted by Gasteiger charge is -2.21. The smallest absolute Gasteiger partial charge is 0.309 e. The van der Waals surface area contributed by atoms with Crippen LogP contribution in [0.2, 0.25) is 0 Å². The molecule has 1 rings (SSSR count). The third-order valence-electron chi connectivity index (χ3n) is 2.82. The molecule has 9 heteroatoms. The summed E-state index contributed by atoms with van der Waals surface area (Å²) in [4.78, 5) is 11.5. The Morgan fingerprint density at radius 3 is 2.29 bits per heavy atom. The van der Waals surface area contributed by atoms with Gasteiger partial charge in [0.15, 0.2) is 0 Å². The predicted octanol–water partition coefficient (Wildman–Crippen LogP) is 2.22. The fourth-order valence-electron chi connectivity index (χ4n) is 1.74. The number of sulfonamides is 1. The van der Waals surface area contributed by atoms with E-state index in [1.165, 1.54) is 26.3 Å². The Labute approximate surface area is 140 Å². The van der Waals surface area contributed by atoms with E-state index in [4.69, 9.17) is 5.73 Å². The van der Waals surface area contributed by atoms with E-state index in [9.17, 15) is 13.2 Å². The SMILES string of the molecule is COC(=O)C(C)CN(C)S(=O)(=O)c1c(Br)cc(N)cc1Br. The van der Waals surface area contributed by atoms with Gasteiger partial charge < -0.3 is 10.5 Å². The van der Waals surface area contributed by atoms with Gasteiger partial charge in [0.05, 0.1) is 13.0 Å². The second-order valence-corrected chi connectivity index (χ2v) is 8.21. The van der Waals surface area contributed by atoms with Gasteiger partial charge in [-0.05, 0) is 44.0 Å². The van der Waals surface area contributed by atoms with Gasteiger partial charge in [-0.1, -0.05) is 6.92 Å². The monoisotopic (exact) mass is 442 g/mol. The Bertz CT molecular complexity index is 626. The number of methoxy groups -OCH3 is 1. The zero-order valence-electron chi connectivity index (χ0n) is 11.8. The number of carbonyl (C=O) groups excluding carboxylic acids is 1. The minimum Gasteiger partial charge on any atom is -0.469 e. The molecule has 0 radical (unpaired) electrons. The highest BCUT2D eigenvalue weighted by atomic mass is 79.9. The molecule has 6 nitrogen and oxygen atoms in total. The van der Waals surface area contributed by atoms with Gasteiger partial charge in [-0.25, -0.2) is 12.7 Å². The van der Waals surface area contributed by atoms with Crippen molar-refractivity contribution in [1.82, 2.24) is 4.31 Å². The summed E-state index contributed by atoms with van der Waals surface area (Å²) >= 11 is 6.41. The van der Waals surface area contributed by atoms with Crippen LogP contribution in [0.25, 0.3) is 0 Å². The van der Waals surface area contributed by atoms with E-state index in [1.807, 2.05) is 0 Å². The van der Waals surface area contributed by atoms with Crippen molar-refractivity contribution in [2.45, 2.75) is 11.8 Å². The maximum absolute atomic E-state index is 12.6.